The first kappa shape index (κ1) is 17.7. The lowest BCUT2D eigenvalue weighted by molar-refractivity contribution is 0.457. The predicted molar refractivity (Wildman–Crippen MR) is 115 cm³/mol. The molecule has 0 fully saturated rings. The van der Waals surface area contributed by atoms with E-state index in [1.807, 2.05) is 54.9 Å². The van der Waals surface area contributed by atoms with Crippen molar-refractivity contribution in [3.05, 3.63) is 95.8 Å². The van der Waals surface area contributed by atoms with E-state index in [1.54, 1.807) is 12.3 Å². The molecule has 138 valence electrons. The maximum atomic E-state index is 10.2. The summed E-state index contributed by atoms with van der Waals surface area (Å²) in [6, 6.07) is 18.2. The monoisotopic (exact) mass is 367 g/mol. The van der Waals surface area contributed by atoms with Gasteiger partial charge < -0.3 is 10.1 Å². The van der Waals surface area contributed by atoms with Gasteiger partial charge in [-0.3, -0.25) is 9.98 Å². The summed E-state index contributed by atoms with van der Waals surface area (Å²) in [5.41, 5.74) is 5.95. The van der Waals surface area contributed by atoms with Gasteiger partial charge >= 0.3 is 0 Å². The molecule has 0 spiro atoms. The van der Waals surface area contributed by atoms with Gasteiger partial charge in [0.2, 0.25) is 0 Å². The number of nitrogens with zero attached hydrogens (tertiary/aromatic N) is 2. The molecule has 0 aliphatic carbocycles. The van der Waals surface area contributed by atoms with E-state index in [4.69, 9.17) is 0 Å². The number of aromatic hydroxyl groups is 1. The van der Waals surface area contributed by atoms with Crippen LogP contribution in [0.2, 0.25) is 0 Å². The van der Waals surface area contributed by atoms with Crippen LogP contribution in [0.15, 0.2) is 78.6 Å². The number of nitrogens with one attached hydrogen (secondary N) is 1. The van der Waals surface area contributed by atoms with Gasteiger partial charge in [-0.15, -0.1) is 0 Å². The molecule has 2 N–H and O–H groups in total. The van der Waals surface area contributed by atoms with E-state index in [2.05, 4.69) is 33.7 Å². The van der Waals surface area contributed by atoms with E-state index in [0.29, 0.717) is 5.56 Å². The van der Waals surface area contributed by atoms with Crippen molar-refractivity contribution in [2.24, 2.45) is 4.99 Å². The molecule has 0 saturated carbocycles. The number of hydrogen-bond donors (Lipinski definition) is 2. The van der Waals surface area contributed by atoms with Gasteiger partial charge in [0, 0.05) is 29.5 Å². The summed E-state index contributed by atoms with van der Waals surface area (Å²) < 4.78 is 0. The summed E-state index contributed by atoms with van der Waals surface area (Å²) in [5.74, 6) is 0.119. The van der Waals surface area contributed by atoms with E-state index in [-0.39, 0.29) is 5.88 Å². The molecule has 4 aromatic rings. The molecular formula is C24H21N3O. The molecule has 2 aromatic heterocycles. The molecule has 0 bridgehead atoms. The third-order valence-corrected chi connectivity index (χ3v) is 4.81. The van der Waals surface area contributed by atoms with Crippen molar-refractivity contribution in [3.8, 4) is 5.88 Å². The van der Waals surface area contributed by atoms with Gasteiger partial charge in [-0.2, -0.15) is 0 Å². The minimum absolute atomic E-state index is 0.119. The SMILES string of the molecule is C=Cc1ccc2c(C=Nc3ccc(CCc4ccncc4)cc3)c(O)[nH]c2c1. The van der Waals surface area contributed by atoms with Crippen molar-refractivity contribution < 1.29 is 5.11 Å². The summed E-state index contributed by atoms with van der Waals surface area (Å²) in [6.07, 6.45) is 9.09. The molecule has 0 radical (unpaired) electrons. The molecule has 0 atom stereocenters. The Morgan fingerprint density at radius 3 is 2.39 bits per heavy atom. The van der Waals surface area contributed by atoms with Crippen LogP contribution in [0.3, 0.4) is 0 Å². The van der Waals surface area contributed by atoms with Gasteiger partial charge in [-0.25, -0.2) is 0 Å². The van der Waals surface area contributed by atoms with E-state index in [9.17, 15) is 5.11 Å². The van der Waals surface area contributed by atoms with Crippen LogP contribution in [0.25, 0.3) is 17.0 Å². The zero-order valence-electron chi connectivity index (χ0n) is 15.5. The lowest BCUT2D eigenvalue weighted by Crippen LogP contribution is -1.91. The van der Waals surface area contributed by atoms with Crippen molar-refractivity contribution in [1.82, 2.24) is 9.97 Å². The van der Waals surface area contributed by atoms with Gasteiger partial charge in [0.05, 0.1) is 11.3 Å². The van der Waals surface area contributed by atoms with Crippen LogP contribution >= 0.6 is 0 Å². The molecule has 2 heterocycles. The van der Waals surface area contributed by atoms with Crippen LogP contribution in [-0.2, 0) is 12.8 Å². The van der Waals surface area contributed by atoms with Crippen molar-refractivity contribution in [1.29, 1.82) is 0 Å². The van der Waals surface area contributed by atoms with Gasteiger partial charge in [0.25, 0.3) is 0 Å². The van der Waals surface area contributed by atoms with Crippen molar-refractivity contribution in [2.45, 2.75) is 12.8 Å². The number of benzene rings is 2. The number of pyridine rings is 1. The smallest absolute Gasteiger partial charge is 0.198 e. The molecule has 0 unspecified atom stereocenters. The Balaban J connectivity index is 1.48. The zero-order valence-corrected chi connectivity index (χ0v) is 15.5. The Kier molecular flexibility index (Phi) is 5.02. The Morgan fingerprint density at radius 2 is 1.68 bits per heavy atom. The molecular weight excluding hydrogens is 346 g/mol. The highest BCUT2D eigenvalue weighted by Gasteiger charge is 2.08. The molecule has 0 aliphatic heterocycles. The number of aryl methyl sites for hydroxylation is 2. The maximum Gasteiger partial charge on any atom is 0.198 e. The maximum absolute atomic E-state index is 10.2. The van der Waals surface area contributed by atoms with Crippen LogP contribution in [0.1, 0.15) is 22.3 Å². The lowest BCUT2D eigenvalue weighted by Gasteiger charge is -2.02. The number of hydrogen-bond acceptors (Lipinski definition) is 3. The summed E-state index contributed by atoms with van der Waals surface area (Å²) in [6.45, 7) is 3.77. The van der Waals surface area contributed by atoms with Crippen molar-refractivity contribution in [3.63, 3.8) is 0 Å². The Bertz CT molecular complexity index is 1130. The van der Waals surface area contributed by atoms with Crippen LogP contribution in [0.4, 0.5) is 5.69 Å². The molecule has 2 aromatic carbocycles. The lowest BCUT2D eigenvalue weighted by atomic mass is 10.1. The first-order chi connectivity index (χ1) is 13.7. The highest BCUT2D eigenvalue weighted by molar-refractivity contribution is 6.03. The molecule has 4 rings (SSSR count). The summed E-state index contributed by atoms with van der Waals surface area (Å²) in [5, 5.41) is 11.2. The number of rotatable bonds is 6. The second-order valence-electron chi connectivity index (χ2n) is 6.68. The topological polar surface area (TPSA) is 61.3 Å². The van der Waals surface area contributed by atoms with Crippen LogP contribution in [0.5, 0.6) is 5.88 Å². The second kappa shape index (κ2) is 7.92. The van der Waals surface area contributed by atoms with E-state index in [1.165, 1.54) is 11.1 Å². The number of fused-ring (bicyclic) bond motifs is 1. The molecule has 0 amide bonds. The Morgan fingerprint density at radius 1 is 0.964 bits per heavy atom. The van der Waals surface area contributed by atoms with Crippen LogP contribution in [-0.4, -0.2) is 21.3 Å². The number of aromatic amines is 1. The largest absolute Gasteiger partial charge is 0.494 e. The number of aliphatic imine (C=N–C) groups is 1. The summed E-state index contributed by atoms with van der Waals surface area (Å²) in [4.78, 5) is 11.6. The molecule has 0 saturated heterocycles. The van der Waals surface area contributed by atoms with Crippen molar-refractivity contribution >= 4 is 28.9 Å². The summed E-state index contributed by atoms with van der Waals surface area (Å²) >= 11 is 0. The predicted octanol–water partition coefficient (Wildman–Crippen LogP) is 5.45. The normalized spacial score (nSPS) is 11.3. The van der Waals surface area contributed by atoms with Gasteiger partial charge in [-0.1, -0.05) is 36.9 Å². The first-order valence-corrected chi connectivity index (χ1v) is 9.22. The average Bonchev–Trinajstić information content (AvgIpc) is 3.06. The number of aromatic nitrogens is 2. The third kappa shape index (κ3) is 3.86. The van der Waals surface area contributed by atoms with E-state index < -0.39 is 0 Å². The van der Waals surface area contributed by atoms with E-state index in [0.717, 1.165) is 35.0 Å². The van der Waals surface area contributed by atoms with Gasteiger partial charge in [0.15, 0.2) is 5.88 Å². The van der Waals surface area contributed by atoms with Gasteiger partial charge in [-0.05, 0) is 59.9 Å². The van der Waals surface area contributed by atoms with Crippen LogP contribution < -0.4 is 0 Å². The highest BCUT2D eigenvalue weighted by Crippen LogP contribution is 2.27. The molecule has 28 heavy (non-hydrogen) atoms. The zero-order chi connectivity index (χ0) is 19.3. The number of H-pyrrole nitrogens is 1. The molecule has 4 nitrogen and oxygen atoms in total. The minimum atomic E-state index is 0.119. The van der Waals surface area contributed by atoms with E-state index >= 15 is 0 Å². The van der Waals surface area contributed by atoms with Gasteiger partial charge in [0.1, 0.15) is 0 Å². The Hall–Kier alpha value is -3.66. The quantitative estimate of drug-likeness (QED) is 0.445. The fourth-order valence-corrected chi connectivity index (χ4v) is 3.21. The Labute approximate surface area is 163 Å². The fraction of sp³-hybridized carbons (Fsp3) is 0.0833. The van der Waals surface area contributed by atoms with Crippen LogP contribution in [0, 0.1) is 0 Å². The second-order valence-corrected chi connectivity index (χ2v) is 6.68. The third-order valence-electron chi connectivity index (χ3n) is 4.81. The average molecular weight is 367 g/mol. The highest BCUT2D eigenvalue weighted by atomic mass is 16.3. The minimum Gasteiger partial charge on any atom is -0.494 e. The first-order valence-electron chi connectivity index (χ1n) is 9.22. The molecule has 4 heteroatoms. The fourth-order valence-electron chi connectivity index (χ4n) is 3.21. The van der Waals surface area contributed by atoms with Crippen molar-refractivity contribution in [2.75, 3.05) is 0 Å². The summed E-state index contributed by atoms with van der Waals surface area (Å²) in [7, 11) is 0. The molecule has 0 aliphatic rings. The standard InChI is InChI=1S/C24H21N3O/c1-2-17-7-10-21-22(24(28)27-23(21)15-17)16-26-20-8-5-18(6-9-20)3-4-19-11-13-25-14-12-19/h2,5-16,27-28H,1,3-4H2.